The molecule has 1 rings (SSSR count). The van der Waals surface area contributed by atoms with Crippen LogP contribution in [0, 0.1) is 0 Å². The average Bonchev–Trinajstić information content (AvgIpc) is 2.93. The Hall–Kier alpha value is 0.510. The first-order valence-electron chi connectivity index (χ1n) is 12.9. The lowest BCUT2D eigenvalue weighted by Gasteiger charge is -2.30. The van der Waals surface area contributed by atoms with Gasteiger partial charge in [0.15, 0.2) is 0 Å². The molecule has 0 aliphatic heterocycles. The van der Waals surface area contributed by atoms with Crippen LogP contribution in [0.2, 0.25) is 0 Å². The molecule has 0 saturated carbocycles. The molecule has 54 heavy (non-hydrogen) atoms. The van der Waals surface area contributed by atoms with E-state index in [4.69, 9.17) is 106 Å². The molecule has 0 bridgehead atoms. The predicted octanol–water partition coefficient (Wildman–Crippen LogP) is -2.82. The van der Waals surface area contributed by atoms with Crippen molar-refractivity contribution in [1.29, 1.82) is 0 Å². The second-order valence-corrected chi connectivity index (χ2v) is 27.7. The molecule has 0 amide bonds. The number of halogens is 1. The summed E-state index contributed by atoms with van der Waals surface area (Å²) in [5.41, 5.74) is 10.4. The Labute approximate surface area is 309 Å². The molecule has 0 radical (unpaired) electrons. The number of rotatable bonds is 14. The molecule has 0 atom stereocenters. The van der Waals surface area contributed by atoms with Crippen molar-refractivity contribution in [2.45, 2.75) is 40.4 Å². The quantitative estimate of drug-likeness (QED) is 0.0508. The Morgan fingerprint density at radius 1 is 0.537 bits per heavy atom. The lowest BCUT2D eigenvalue weighted by molar-refractivity contribution is 0.219. The van der Waals surface area contributed by atoms with Crippen molar-refractivity contribution in [3.05, 3.63) is 35.9 Å². The van der Waals surface area contributed by atoms with Gasteiger partial charge in [0.2, 0.25) is 20.1 Å². The first-order chi connectivity index (χ1) is 23.3. The number of alkyl halides is 1. The topological polar surface area (TPSA) is 557 Å². The fraction of sp³-hybridized carbons (Fsp3) is 0.625. The number of aliphatic hydroxyl groups is 1. The van der Waals surface area contributed by atoms with E-state index in [1.165, 1.54) is 12.1 Å². The van der Waals surface area contributed by atoms with Crippen LogP contribution in [0.15, 0.2) is 30.3 Å². The van der Waals surface area contributed by atoms with E-state index in [-0.39, 0.29) is 0 Å². The van der Waals surface area contributed by atoms with Gasteiger partial charge in [-0.1, -0.05) is 30.3 Å². The van der Waals surface area contributed by atoms with E-state index in [0.29, 0.717) is 12.5 Å². The minimum Gasteiger partial charge on any atom is -0.381 e. The van der Waals surface area contributed by atoms with Gasteiger partial charge in [0, 0.05) is 6.42 Å². The van der Waals surface area contributed by atoms with Crippen molar-refractivity contribution in [3.63, 3.8) is 0 Å². The van der Waals surface area contributed by atoms with E-state index in [9.17, 15) is 36.5 Å². The van der Waals surface area contributed by atoms with Crippen LogP contribution in [0.3, 0.4) is 0 Å². The van der Waals surface area contributed by atoms with Gasteiger partial charge in [-0.05, 0) is 26.5 Å². The molecular weight excluding hydrogens is 931 g/mol. The smallest absolute Gasteiger partial charge is 0.358 e. The Balaban J connectivity index is -0.000000651. The summed E-state index contributed by atoms with van der Waals surface area (Å²) in [6.07, 6.45) is -0.609. The summed E-state index contributed by atoms with van der Waals surface area (Å²) < 4.78 is 86.2. The van der Waals surface area contributed by atoms with Crippen molar-refractivity contribution in [1.82, 2.24) is 10.6 Å². The first-order valence-corrected chi connectivity index (χ1v) is 26.4. The van der Waals surface area contributed by atoms with Gasteiger partial charge in [0.1, 0.15) is 0 Å². The largest absolute Gasteiger partial charge is 0.381 e. The van der Waals surface area contributed by atoms with Crippen molar-refractivity contribution in [2.75, 3.05) is 19.7 Å². The third-order valence-corrected chi connectivity index (χ3v) is 23.7. The highest BCUT2D eigenvalue weighted by molar-refractivity contribution is 7.73. The summed E-state index contributed by atoms with van der Waals surface area (Å²) in [6.45, 7) is 0.464. The second kappa shape index (κ2) is 20.2. The van der Waals surface area contributed by atoms with E-state index < -0.39 is 99.9 Å². The lowest BCUT2D eigenvalue weighted by atomic mass is 10.1. The molecule has 0 aliphatic carbocycles. The number of hydrogen-bond donors (Lipinski definition) is 21. The van der Waals surface area contributed by atoms with E-state index in [0.717, 1.165) is 14.0 Å². The van der Waals surface area contributed by atoms with E-state index in [1.807, 2.05) is 5.32 Å². The van der Waals surface area contributed by atoms with E-state index in [1.54, 1.807) is 23.5 Å². The summed E-state index contributed by atoms with van der Waals surface area (Å²) in [5.74, 6) is -1.03. The maximum atomic E-state index is 11.2. The average molecular weight is 975 g/mol. The van der Waals surface area contributed by atoms with Gasteiger partial charge >= 0.3 is 60.8 Å². The standard InChI is InChI=1S/C8H13NO6P2.C3H11NO7P2.C3H11NO6P2.C2H8ClNO6P2/c9-8(16(10,11)12,17(13,14)15)6-7-4-2-1-3-5-7;1-3(4-2-5,12(6,7)8)13(9,10)11;1-3(4-2,11(5,6)7)12(8,9)10;3-1-2(4,11(5,6)7)12(8,9)10/h1-5H,6,9H2,(H2,10,11,12)(H2,13,14,15);4-5H,2H2,1H3,(H2,6,7,8)(H2,9,10,11);4H,1-2H3,(H2,5,6,7)(H2,8,9,10);1,4H2,(H2,5,6,7)(H2,8,9,10). The number of nitrogens with two attached hydrogens (primary N) is 2. The molecule has 23 N–H and O–H groups in total. The van der Waals surface area contributed by atoms with Gasteiger partial charge in [-0.15, -0.1) is 11.6 Å². The van der Waals surface area contributed by atoms with Crippen LogP contribution in [0.1, 0.15) is 19.4 Å². The number of nitrogens with one attached hydrogen (secondary N) is 2. The van der Waals surface area contributed by atoms with Crippen LogP contribution in [0.5, 0.6) is 0 Å². The zero-order valence-corrected chi connectivity index (χ0v) is 35.4. The molecule has 0 spiro atoms. The third kappa shape index (κ3) is 15.3. The summed E-state index contributed by atoms with van der Waals surface area (Å²) in [6, 6.07) is 7.78. The fourth-order valence-corrected chi connectivity index (χ4v) is 11.2. The summed E-state index contributed by atoms with van der Waals surface area (Å²) in [4.78, 5) is 139. The normalized spacial score (nSPS) is 14.4. The second-order valence-electron chi connectivity index (χ2n) is 10.5. The Kier molecular flexibility index (Phi) is 22.0. The van der Waals surface area contributed by atoms with Gasteiger partial charge < -0.3 is 94.9 Å². The third-order valence-electron chi connectivity index (χ3n) is 6.68. The highest BCUT2D eigenvalue weighted by Gasteiger charge is 2.59. The minimum absolute atomic E-state index is 0.335. The number of hydrogen-bond acceptors (Lipinski definition) is 13. The molecular formula is C16H43ClN4O25P8. The lowest BCUT2D eigenvalue weighted by Crippen LogP contribution is -2.42. The van der Waals surface area contributed by atoms with Gasteiger partial charge in [0.05, 0.1) is 12.6 Å². The maximum Gasteiger partial charge on any atom is 0.358 e. The van der Waals surface area contributed by atoms with Crippen molar-refractivity contribution in [2.24, 2.45) is 11.5 Å². The van der Waals surface area contributed by atoms with Crippen LogP contribution in [0.4, 0.5) is 0 Å². The Morgan fingerprint density at radius 2 is 0.815 bits per heavy atom. The SMILES string of the molecule is CC(NCO)(P(=O)(O)O)P(=O)(O)O.CNC(C)(P(=O)(O)O)P(=O)(O)O.NC(CCl)(P(=O)(O)O)P(=O)(O)O.NC(Cc1ccccc1)(P(=O)(O)O)P(=O)(O)O. The van der Waals surface area contributed by atoms with E-state index in [2.05, 4.69) is 0 Å². The molecule has 0 heterocycles. The van der Waals surface area contributed by atoms with Crippen LogP contribution in [-0.4, -0.2) is 123 Å². The number of benzene rings is 1. The summed E-state index contributed by atoms with van der Waals surface area (Å²) in [5, 5.41) is 0.818. The van der Waals surface area contributed by atoms with Crippen LogP contribution < -0.4 is 22.1 Å². The molecule has 29 nitrogen and oxygen atoms in total. The molecule has 0 aliphatic rings. The van der Waals surface area contributed by atoms with Crippen LogP contribution >= 0.6 is 72.4 Å². The minimum atomic E-state index is -5.16. The highest BCUT2D eigenvalue weighted by Crippen LogP contribution is 2.69. The molecule has 38 heteroatoms. The number of aliphatic hydroxyl groups excluding tert-OH is 1. The molecule has 0 fully saturated rings. The summed E-state index contributed by atoms with van der Waals surface area (Å²) >= 11 is 4.97. The molecule has 0 saturated heterocycles. The molecule has 1 aromatic rings. The molecule has 1 aromatic carbocycles. The summed E-state index contributed by atoms with van der Waals surface area (Å²) in [7, 11) is -39.4. The Morgan fingerprint density at radius 3 is 0.944 bits per heavy atom. The highest BCUT2D eigenvalue weighted by atomic mass is 35.5. The first kappa shape index (κ1) is 58.8. The fourth-order valence-electron chi connectivity index (χ4n) is 2.58. The van der Waals surface area contributed by atoms with Crippen molar-refractivity contribution in [3.8, 4) is 0 Å². The van der Waals surface area contributed by atoms with Crippen molar-refractivity contribution >= 4 is 72.4 Å². The van der Waals surface area contributed by atoms with Crippen LogP contribution in [0.25, 0.3) is 0 Å². The van der Waals surface area contributed by atoms with Gasteiger partial charge in [-0.25, -0.2) is 0 Å². The van der Waals surface area contributed by atoms with E-state index >= 15 is 0 Å². The van der Waals surface area contributed by atoms with Gasteiger partial charge in [-0.3, -0.25) is 47.2 Å². The van der Waals surface area contributed by atoms with Gasteiger partial charge in [-0.2, -0.15) is 0 Å². The van der Waals surface area contributed by atoms with Crippen LogP contribution in [-0.2, 0) is 42.9 Å². The zero-order valence-electron chi connectivity index (χ0n) is 27.5. The zero-order chi connectivity index (χ0) is 44.6. The Bertz CT molecular complexity index is 1610. The monoisotopic (exact) mass is 974 g/mol. The maximum absolute atomic E-state index is 11.2. The molecule has 0 unspecified atom stereocenters. The van der Waals surface area contributed by atoms with Gasteiger partial charge in [0.25, 0.3) is 0 Å². The molecule has 0 aromatic heterocycles. The predicted molar refractivity (Wildman–Crippen MR) is 187 cm³/mol. The molecule has 324 valence electrons. The van der Waals surface area contributed by atoms with Crippen molar-refractivity contribution < 1.29 is 120 Å².